The Hall–Kier alpha value is -2.11. The highest BCUT2D eigenvalue weighted by atomic mass is 35.5. The molecule has 108 valence electrons. The molecule has 21 heavy (non-hydrogen) atoms. The summed E-state index contributed by atoms with van der Waals surface area (Å²) < 4.78 is 13.5. The molecule has 0 saturated heterocycles. The van der Waals surface area contributed by atoms with Crippen LogP contribution in [0.5, 0.6) is 0 Å². The van der Waals surface area contributed by atoms with Crippen molar-refractivity contribution in [2.45, 2.75) is 0 Å². The topological polar surface area (TPSA) is 66.4 Å². The molecule has 7 heteroatoms. The van der Waals surface area contributed by atoms with Gasteiger partial charge in [-0.25, -0.2) is 9.18 Å². The van der Waals surface area contributed by atoms with Gasteiger partial charge in [-0.05, 0) is 36.4 Å². The van der Waals surface area contributed by atoms with Crippen LogP contribution in [0.2, 0.25) is 10.0 Å². The summed E-state index contributed by atoms with van der Waals surface area (Å²) >= 11 is 11.7. The summed E-state index contributed by atoms with van der Waals surface area (Å²) in [5.74, 6) is -2.91. The summed E-state index contributed by atoms with van der Waals surface area (Å²) in [7, 11) is 0. The molecule has 1 amide bonds. The number of hydrogen-bond donors (Lipinski definition) is 2. The van der Waals surface area contributed by atoms with Crippen LogP contribution in [0.3, 0.4) is 0 Å². The molecule has 2 N–H and O–H groups in total. The van der Waals surface area contributed by atoms with Gasteiger partial charge in [0.05, 0.1) is 16.1 Å². The van der Waals surface area contributed by atoms with Gasteiger partial charge in [0.25, 0.3) is 5.91 Å². The van der Waals surface area contributed by atoms with E-state index in [1.807, 2.05) is 0 Å². The van der Waals surface area contributed by atoms with Gasteiger partial charge in [-0.15, -0.1) is 0 Å². The maximum atomic E-state index is 13.5. The first kappa shape index (κ1) is 15.3. The van der Waals surface area contributed by atoms with Crippen molar-refractivity contribution in [1.82, 2.24) is 0 Å². The summed E-state index contributed by atoms with van der Waals surface area (Å²) in [6.45, 7) is 0. The number of benzene rings is 2. The molecule has 0 heterocycles. The van der Waals surface area contributed by atoms with Crippen molar-refractivity contribution in [3.05, 3.63) is 63.4 Å². The van der Waals surface area contributed by atoms with Crippen LogP contribution in [0.1, 0.15) is 20.7 Å². The molecule has 0 aliphatic rings. The summed E-state index contributed by atoms with van der Waals surface area (Å²) in [6, 6.07) is 7.63. The van der Waals surface area contributed by atoms with Gasteiger partial charge in [0.1, 0.15) is 5.82 Å². The van der Waals surface area contributed by atoms with E-state index in [1.165, 1.54) is 24.3 Å². The molecular formula is C14H8Cl2FNO3. The molecule has 2 aromatic carbocycles. The standard InChI is InChI=1S/C14H8Cl2FNO3/c15-7-1-4-11(16)10(5-7)13(19)18-8-2-3-9(14(20)21)12(17)6-8/h1-6H,(H,18,19)(H,20,21). The van der Waals surface area contributed by atoms with Crippen molar-refractivity contribution >= 4 is 40.8 Å². The van der Waals surface area contributed by atoms with Gasteiger partial charge in [-0.3, -0.25) is 4.79 Å². The number of carboxylic acids is 1. The van der Waals surface area contributed by atoms with E-state index in [9.17, 15) is 14.0 Å². The van der Waals surface area contributed by atoms with E-state index in [4.69, 9.17) is 28.3 Å². The van der Waals surface area contributed by atoms with E-state index >= 15 is 0 Å². The maximum Gasteiger partial charge on any atom is 0.338 e. The van der Waals surface area contributed by atoms with E-state index in [0.717, 1.165) is 12.1 Å². The van der Waals surface area contributed by atoms with Gasteiger partial charge in [-0.2, -0.15) is 0 Å². The molecule has 0 atom stereocenters. The van der Waals surface area contributed by atoms with E-state index in [-0.39, 0.29) is 16.3 Å². The van der Waals surface area contributed by atoms with Crippen LogP contribution >= 0.6 is 23.2 Å². The van der Waals surface area contributed by atoms with Gasteiger partial charge >= 0.3 is 5.97 Å². The number of hydrogen-bond acceptors (Lipinski definition) is 2. The second-order valence-corrected chi connectivity index (χ2v) is 4.92. The number of carboxylic acid groups (broad SMARTS) is 1. The van der Waals surface area contributed by atoms with Crippen molar-refractivity contribution in [2.24, 2.45) is 0 Å². The highest BCUT2D eigenvalue weighted by Gasteiger charge is 2.14. The molecule has 0 radical (unpaired) electrons. The Kier molecular flexibility index (Phi) is 4.45. The van der Waals surface area contributed by atoms with Gasteiger partial charge in [-0.1, -0.05) is 23.2 Å². The predicted octanol–water partition coefficient (Wildman–Crippen LogP) is 4.08. The van der Waals surface area contributed by atoms with Crippen molar-refractivity contribution in [2.75, 3.05) is 5.32 Å². The van der Waals surface area contributed by atoms with E-state index < -0.39 is 23.3 Å². The third kappa shape index (κ3) is 3.51. The van der Waals surface area contributed by atoms with Gasteiger partial charge in [0, 0.05) is 10.7 Å². The van der Waals surface area contributed by atoms with Crippen molar-refractivity contribution in [3.8, 4) is 0 Å². The fourth-order valence-corrected chi connectivity index (χ4v) is 2.01. The van der Waals surface area contributed by atoms with Crippen LogP contribution < -0.4 is 5.32 Å². The van der Waals surface area contributed by atoms with Gasteiger partial charge in [0.15, 0.2) is 0 Å². The molecule has 0 aromatic heterocycles. The van der Waals surface area contributed by atoms with Crippen LogP contribution in [-0.2, 0) is 0 Å². The Balaban J connectivity index is 2.26. The minimum atomic E-state index is -1.39. The Morgan fingerprint density at radius 3 is 2.38 bits per heavy atom. The maximum absolute atomic E-state index is 13.5. The quantitative estimate of drug-likeness (QED) is 0.892. The Labute approximate surface area is 129 Å². The molecule has 2 aromatic rings. The van der Waals surface area contributed by atoms with Crippen LogP contribution in [0.4, 0.5) is 10.1 Å². The fraction of sp³-hybridized carbons (Fsp3) is 0. The first-order valence-corrected chi connectivity index (χ1v) is 6.43. The predicted molar refractivity (Wildman–Crippen MR) is 77.8 cm³/mol. The Bertz CT molecular complexity index is 734. The Morgan fingerprint density at radius 1 is 1.05 bits per heavy atom. The number of carbonyl (C=O) groups is 2. The normalized spacial score (nSPS) is 10.2. The number of anilines is 1. The van der Waals surface area contributed by atoms with Crippen LogP contribution in [0.25, 0.3) is 0 Å². The lowest BCUT2D eigenvalue weighted by Crippen LogP contribution is -2.13. The highest BCUT2D eigenvalue weighted by molar-refractivity contribution is 6.36. The minimum Gasteiger partial charge on any atom is -0.478 e. The Morgan fingerprint density at radius 2 is 1.76 bits per heavy atom. The zero-order valence-electron chi connectivity index (χ0n) is 10.4. The zero-order chi connectivity index (χ0) is 15.6. The minimum absolute atomic E-state index is 0.110. The first-order chi connectivity index (χ1) is 9.88. The molecule has 0 aliphatic carbocycles. The zero-order valence-corrected chi connectivity index (χ0v) is 11.9. The molecule has 2 rings (SSSR count). The third-order valence-corrected chi connectivity index (χ3v) is 3.20. The SMILES string of the molecule is O=C(O)c1ccc(NC(=O)c2cc(Cl)ccc2Cl)cc1F. The van der Waals surface area contributed by atoms with Crippen LogP contribution in [0, 0.1) is 5.82 Å². The second kappa shape index (κ2) is 6.11. The van der Waals surface area contributed by atoms with Gasteiger partial charge < -0.3 is 10.4 Å². The smallest absolute Gasteiger partial charge is 0.338 e. The van der Waals surface area contributed by atoms with E-state index in [2.05, 4.69) is 5.32 Å². The van der Waals surface area contributed by atoms with Crippen molar-refractivity contribution < 1.29 is 19.1 Å². The molecule has 0 bridgehead atoms. The highest BCUT2D eigenvalue weighted by Crippen LogP contribution is 2.22. The number of nitrogens with one attached hydrogen (secondary N) is 1. The van der Waals surface area contributed by atoms with E-state index in [1.54, 1.807) is 0 Å². The molecular weight excluding hydrogens is 320 g/mol. The van der Waals surface area contributed by atoms with Crippen molar-refractivity contribution in [1.29, 1.82) is 0 Å². The monoisotopic (exact) mass is 327 g/mol. The molecule has 0 fully saturated rings. The summed E-state index contributed by atoms with van der Waals surface area (Å²) in [5.41, 5.74) is -0.237. The first-order valence-electron chi connectivity index (χ1n) is 5.67. The number of aromatic carboxylic acids is 1. The van der Waals surface area contributed by atoms with Gasteiger partial charge in [0.2, 0.25) is 0 Å². The fourth-order valence-electron chi connectivity index (χ4n) is 1.64. The summed E-state index contributed by atoms with van der Waals surface area (Å²) in [5, 5.41) is 11.7. The van der Waals surface area contributed by atoms with Crippen LogP contribution in [0.15, 0.2) is 36.4 Å². The number of amides is 1. The van der Waals surface area contributed by atoms with Crippen molar-refractivity contribution in [3.63, 3.8) is 0 Å². The molecule has 0 saturated carbocycles. The number of carbonyl (C=O) groups excluding carboxylic acids is 1. The summed E-state index contributed by atoms with van der Waals surface area (Å²) in [6.07, 6.45) is 0. The average Bonchev–Trinajstić information content (AvgIpc) is 2.41. The summed E-state index contributed by atoms with van der Waals surface area (Å²) in [4.78, 5) is 22.7. The molecule has 0 unspecified atom stereocenters. The lowest BCUT2D eigenvalue weighted by Gasteiger charge is -2.08. The molecule has 0 aliphatic heterocycles. The molecule has 0 spiro atoms. The number of rotatable bonds is 3. The number of halogens is 3. The largest absolute Gasteiger partial charge is 0.478 e. The lowest BCUT2D eigenvalue weighted by molar-refractivity contribution is 0.0692. The van der Waals surface area contributed by atoms with E-state index in [0.29, 0.717) is 5.02 Å². The second-order valence-electron chi connectivity index (χ2n) is 4.08. The third-order valence-electron chi connectivity index (χ3n) is 2.63. The van der Waals surface area contributed by atoms with Crippen LogP contribution in [-0.4, -0.2) is 17.0 Å². The average molecular weight is 328 g/mol. The molecule has 4 nitrogen and oxygen atoms in total. The lowest BCUT2D eigenvalue weighted by atomic mass is 10.1.